The van der Waals surface area contributed by atoms with Gasteiger partial charge in [-0.3, -0.25) is 0 Å². The van der Waals surface area contributed by atoms with Gasteiger partial charge >= 0.3 is 6.09 Å². The molecule has 1 amide bonds. The molecule has 22 heavy (non-hydrogen) atoms. The standard InChI is InChI=1S/C18H28N2O2/c1-7-8-16(11-15(6)9-10-19)17(14(4)5)20-18(21)22-12-13(2)3/h7-11,13-14H,1,12,19H2,2-6H3/b10-9-,15-11+,16-8+,20-17-. The highest BCUT2D eigenvalue weighted by Crippen LogP contribution is 2.14. The third-order valence-corrected chi connectivity index (χ3v) is 2.63. The highest BCUT2D eigenvalue weighted by atomic mass is 16.5. The molecule has 0 aromatic rings. The van der Waals surface area contributed by atoms with Crippen LogP contribution in [0.5, 0.6) is 0 Å². The highest BCUT2D eigenvalue weighted by Gasteiger charge is 2.13. The Morgan fingerprint density at radius 2 is 1.95 bits per heavy atom. The van der Waals surface area contributed by atoms with Gasteiger partial charge in [-0.05, 0) is 42.2 Å². The summed E-state index contributed by atoms with van der Waals surface area (Å²) in [5, 5.41) is 0. The van der Waals surface area contributed by atoms with Crippen LogP contribution in [0.3, 0.4) is 0 Å². The van der Waals surface area contributed by atoms with Crippen molar-refractivity contribution in [2.45, 2.75) is 34.6 Å². The smallest absolute Gasteiger partial charge is 0.433 e. The summed E-state index contributed by atoms with van der Waals surface area (Å²) in [6, 6.07) is 0. The van der Waals surface area contributed by atoms with Crippen LogP contribution in [-0.4, -0.2) is 18.4 Å². The van der Waals surface area contributed by atoms with Gasteiger partial charge in [0.25, 0.3) is 0 Å². The molecule has 0 spiro atoms. The van der Waals surface area contributed by atoms with Crippen molar-refractivity contribution >= 4 is 11.8 Å². The lowest BCUT2D eigenvalue weighted by Crippen LogP contribution is -2.15. The molecule has 4 heteroatoms. The molecule has 0 atom stereocenters. The van der Waals surface area contributed by atoms with E-state index in [1.807, 2.05) is 46.8 Å². The summed E-state index contributed by atoms with van der Waals surface area (Å²) in [7, 11) is 0. The Morgan fingerprint density at radius 1 is 1.32 bits per heavy atom. The Bertz CT molecular complexity index is 495. The Morgan fingerprint density at radius 3 is 2.41 bits per heavy atom. The molecule has 0 aromatic heterocycles. The Kier molecular flexibility index (Phi) is 9.59. The van der Waals surface area contributed by atoms with Gasteiger partial charge in [0.15, 0.2) is 0 Å². The van der Waals surface area contributed by atoms with Crippen molar-refractivity contribution in [3.05, 3.63) is 48.2 Å². The van der Waals surface area contributed by atoms with Crippen LogP contribution in [0.1, 0.15) is 34.6 Å². The van der Waals surface area contributed by atoms with Gasteiger partial charge in [0.1, 0.15) is 0 Å². The largest absolute Gasteiger partial charge is 0.448 e. The summed E-state index contributed by atoms with van der Waals surface area (Å²) in [6.07, 6.45) is 8.10. The van der Waals surface area contributed by atoms with Gasteiger partial charge in [0.2, 0.25) is 0 Å². The topological polar surface area (TPSA) is 64.7 Å². The minimum absolute atomic E-state index is 0.0729. The average molecular weight is 304 g/mol. The fourth-order valence-electron chi connectivity index (χ4n) is 1.68. The van der Waals surface area contributed by atoms with E-state index in [0.717, 1.165) is 11.1 Å². The number of carbonyl (C=O) groups is 1. The minimum atomic E-state index is -0.562. The van der Waals surface area contributed by atoms with E-state index in [2.05, 4.69) is 11.6 Å². The van der Waals surface area contributed by atoms with E-state index in [1.54, 1.807) is 12.2 Å². The second-order valence-electron chi connectivity index (χ2n) is 5.73. The number of ether oxygens (including phenoxy) is 1. The lowest BCUT2D eigenvalue weighted by molar-refractivity contribution is 0.143. The first kappa shape index (κ1) is 19.9. The molecule has 0 fully saturated rings. The maximum Gasteiger partial charge on any atom is 0.433 e. The van der Waals surface area contributed by atoms with E-state index in [-0.39, 0.29) is 11.8 Å². The fraction of sp³-hybridized carbons (Fsp3) is 0.444. The van der Waals surface area contributed by atoms with Gasteiger partial charge in [-0.1, -0.05) is 52.5 Å². The van der Waals surface area contributed by atoms with E-state index in [4.69, 9.17) is 10.5 Å². The van der Waals surface area contributed by atoms with Gasteiger partial charge in [0.05, 0.1) is 12.3 Å². The molecule has 0 rings (SSSR count). The van der Waals surface area contributed by atoms with Gasteiger partial charge in [-0.15, -0.1) is 0 Å². The highest BCUT2D eigenvalue weighted by molar-refractivity contribution is 6.08. The molecule has 4 nitrogen and oxygen atoms in total. The maximum absolute atomic E-state index is 11.9. The van der Waals surface area contributed by atoms with Gasteiger partial charge < -0.3 is 10.5 Å². The third-order valence-electron chi connectivity index (χ3n) is 2.63. The SMILES string of the molecule is C=C/C=C(\C=C(C)\C=C/N)C(=N\C(=O)OCC(C)C)/C(C)C. The van der Waals surface area contributed by atoms with Crippen LogP contribution < -0.4 is 5.73 Å². The molecule has 0 unspecified atom stereocenters. The number of allylic oxidation sites excluding steroid dienone is 6. The second-order valence-corrected chi connectivity index (χ2v) is 5.73. The van der Waals surface area contributed by atoms with E-state index in [9.17, 15) is 4.79 Å². The lowest BCUT2D eigenvalue weighted by atomic mass is 9.97. The summed E-state index contributed by atoms with van der Waals surface area (Å²) >= 11 is 0. The predicted octanol–water partition coefficient (Wildman–Crippen LogP) is 4.41. The maximum atomic E-state index is 11.9. The van der Waals surface area contributed by atoms with Crippen LogP contribution in [0.4, 0.5) is 4.79 Å². The average Bonchev–Trinajstić information content (AvgIpc) is 2.42. The monoisotopic (exact) mass is 304 g/mol. The van der Waals surface area contributed by atoms with Crippen molar-refractivity contribution in [3.8, 4) is 0 Å². The summed E-state index contributed by atoms with van der Waals surface area (Å²) in [5.74, 6) is 0.352. The summed E-state index contributed by atoms with van der Waals surface area (Å²) < 4.78 is 5.13. The molecule has 0 aliphatic carbocycles. The van der Waals surface area contributed by atoms with Crippen LogP contribution in [-0.2, 0) is 4.74 Å². The molecule has 2 N–H and O–H groups in total. The molecule has 122 valence electrons. The first-order chi connectivity index (χ1) is 10.3. The number of nitrogens with two attached hydrogens (primary N) is 1. The van der Waals surface area contributed by atoms with Crippen molar-refractivity contribution in [3.63, 3.8) is 0 Å². The van der Waals surface area contributed by atoms with Crippen LogP contribution >= 0.6 is 0 Å². The molecule has 0 saturated carbocycles. The predicted molar refractivity (Wildman–Crippen MR) is 93.8 cm³/mol. The Balaban J connectivity index is 5.49. The number of carbonyl (C=O) groups excluding carboxylic acids is 1. The summed E-state index contributed by atoms with van der Waals surface area (Å²) in [5.41, 5.74) is 7.84. The Labute approximate surface area is 134 Å². The third kappa shape index (κ3) is 8.25. The fourth-order valence-corrected chi connectivity index (χ4v) is 1.68. The van der Waals surface area contributed by atoms with Crippen molar-refractivity contribution in [1.82, 2.24) is 0 Å². The zero-order chi connectivity index (χ0) is 17.1. The first-order valence-corrected chi connectivity index (χ1v) is 7.46. The molecule has 0 aliphatic rings. The molecule has 0 aliphatic heterocycles. The van der Waals surface area contributed by atoms with Gasteiger partial charge in [0, 0.05) is 0 Å². The molecule has 0 heterocycles. The van der Waals surface area contributed by atoms with E-state index < -0.39 is 6.09 Å². The number of hydrogen-bond acceptors (Lipinski definition) is 3. The Hall–Kier alpha value is -2.10. The number of nitrogens with zero attached hydrogens (tertiary/aromatic N) is 1. The molecular formula is C18H28N2O2. The van der Waals surface area contributed by atoms with Crippen LogP contribution in [0.15, 0.2) is 53.2 Å². The molecule has 0 saturated heterocycles. The molecule has 0 bridgehead atoms. The first-order valence-electron chi connectivity index (χ1n) is 7.46. The van der Waals surface area contributed by atoms with Crippen molar-refractivity contribution in [1.29, 1.82) is 0 Å². The zero-order valence-corrected chi connectivity index (χ0v) is 14.3. The number of amides is 1. The number of hydrogen-bond donors (Lipinski definition) is 1. The molecule has 0 radical (unpaired) electrons. The van der Waals surface area contributed by atoms with Crippen molar-refractivity contribution in [2.75, 3.05) is 6.61 Å². The zero-order valence-electron chi connectivity index (χ0n) is 14.3. The van der Waals surface area contributed by atoms with Gasteiger partial charge in [-0.2, -0.15) is 4.99 Å². The van der Waals surface area contributed by atoms with E-state index in [0.29, 0.717) is 12.3 Å². The van der Waals surface area contributed by atoms with E-state index in [1.165, 1.54) is 6.20 Å². The van der Waals surface area contributed by atoms with Gasteiger partial charge in [-0.25, -0.2) is 4.79 Å². The van der Waals surface area contributed by atoms with Crippen molar-refractivity contribution < 1.29 is 9.53 Å². The number of aliphatic imine (C=N–C) groups is 1. The van der Waals surface area contributed by atoms with Crippen LogP contribution in [0.25, 0.3) is 0 Å². The van der Waals surface area contributed by atoms with Crippen molar-refractivity contribution in [2.24, 2.45) is 22.6 Å². The minimum Gasteiger partial charge on any atom is -0.448 e. The van der Waals surface area contributed by atoms with Crippen LogP contribution in [0.2, 0.25) is 0 Å². The quantitative estimate of drug-likeness (QED) is 0.560. The second kappa shape index (κ2) is 10.6. The number of rotatable bonds is 7. The normalized spacial score (nSPS) is 14.0. The van der Waals surface area contributed by atoms with Crippen LogP contribution in [0, 0.1) is 11.8 Å². The summed E-state index contributed by atoms with van der Waals surface area (Å²) in [6.45, 7) is 13.9. The molecule has 0 aromatic carbocycles. The lowest BCUT2D eigenvalue weighted by Gasteiger charge is -2.12. The molecular weight excluding hydrogens is 276 g/mol. The summed E-state index contributed by atoms with van der Waals surface area (Å²) in [4.78, 5) is 16.0. The van der Waals surface area contributed by atoms with E-state index >= 15 is 0 Å².